The van der Waals surface area contributed by atoms with Gasteiger partial charge in [0.25, 0.3) is 0 Å². The van der Waals surface area contributed by atoms with Gasteiger partial charge in [-0.25, -0.2) is 4.39 Å². The van der Waals surface area contributed by atoms with Gasteiger partial charge in [-0.3, -0.25) is 0 Å². The van der Waals surface area contributed by atoms with Gasteiger partial charge < -0.3 is 10.6 Å². The van der Waals surface area contributed by atoms with Gasteiger partial charge in [-0.2, -0.15) is 0 Å². The Morgan fingerprint density at radius 1 is 1.14 bits per heavy atom. The van der Waals surface area contributed by atoms with Crippen LogP contribution in [0.2, 0.25) is 0 Å². The zero-order chi connectivity index (χ0) is 14.8. The maximum absolute atomic E-state index is 14.4. The maximum atomic E-state index is 14.4. The normalized spacial score (nSPS) is 16.2. The fourth-order valence-electron chi connectivity index (χ4n) is 2.97. The van der Waals surface area contributed by atoms with E-state index in [9.17, 15) is 4.39 Å². The number of fused-ring (bicyclic) bond motifs is 1. The summed E-state index contributed by atoms with van der Waals surface area (Å²) in [6.07, 6.45) is 2.11. The van der Waals surface area contributed by atoms with E-state index in [1.807, 2.05) is 19.1 Å². The number of anilines is 1. The number of nitrogens with zero attached hydrogens (tertiary/aromatic N) is 1. The summed E-state index contributed by atoms with van der Waals surface area (Å²) in [4.78, 5) is 2.13. The topological polar surface area (TPSA) is 29.3 Å². The van der Waals surface area contributed by atoms with E-state index in [1.165, 1.54) is 11.1 Å². The lowest BCUT2D eigenvalue weighted by Crippen LogP contribution is -2.23. The van der Waals surface area contributed by atoms with E-state index in [0.717, 1.165) is 31.5 Å². The molecular formula is C18H21FN2. The van der Waals surface area contributed by atoms with Gasteiger partial charge in [0.2, 0.25) is 0 Å². The van der Waals surface area contributed by atoms with Gasteiger partial charge in [0.05, 0.1) is 5.69 Å². The Morgan fingerprint density at radius 3 is 2.62 bits per heavy atom. The second-order valence-electron chi connectivity index (χ2n) is 5.79. The molecule has 3 heteroatoms. The Balaban J connectivity index is 1.91. The van der Waals surface area contributed by atoms with Gasteiger partial charge in [0, 0.05) is 19.1 Å². The molecule has 2 aromatic rings. The molecular weight excluding hydrogens is 263 g/mol. The van der Waals surface area contributed by atoms with E-state index in [-0.39, 0.29) is 11.9 Å². The first-order chi connectivity index (χ1) is 10.1. The van der Waals surface area contributed by atoms with Crippen molar-refractivity contribution < 1.29 is 4.39 Å². The SMILES string of the molecule is C[C@H](N)c1ccc(N2CCCc3ccccc3C2)c(F)c1. The Hall–Kier alpha value is -1.87. The average molecular weight is 284 g/mol. The van der Waals surface area contributed by atoms with E-state index in [1.54, 1.807) is 6.07 Å². The van der Waals surface area contributed by atoms with Gasteiger partial charge in [-0.15, -0.1) is 0 Å². The van der Waals surface area contributed by atoms with Crippen molar-refractivity contribution in [1.29, 1.82) is 0 Å². The fourth-order valence-corrected chi connectivity index (χ4v) is 2.97. The van der Waals surface area contributed by atoms with Gasteiger partial charge in [0.15, 0.2) is 0 Å². The molecule has 0 unspecified atom stereocenters. The predicted octanol–water partition coefficient (Wildman–Crippen LogP) is 3.80. The first-order valence-corrected chi connectivity index (χ1v) is 7.52. The lowest BCUT2D eigenvalue weighted by Gasteiger charge is -2.24. The van der Waals surface area contributed by atoms with Crippen molar-refractivity contribution in [1.82, 2.24) is 0 Å². The molecule has 1 atom stereocenters. The van der Waals surface area contributed by atoms with Crippen LogP contribution in [0.15, 0.2) is 42.5 Å². The molecule has 3 rings (SSSR count). The van der Waals surface area contributed by atoms with Crippen molar-refractivity contribution >= 4 is 5.69 Å². The molecule has 1 aliphatic rings. The second-order valence-corrected chi connectivity index (χ2v) is 5.79. The van der Waals surface area contributed by atoms with Crippen molar-refractivity contribution in [2.45, 2.75) is 32.4 Å². The molecule has 0 aromatic heterocycles. The summed E-state index contributed by atoms with van der Waals surface area (Å²) >= 11 is 0. The number of aryl methyl sites for hydroxylation is 1. The molecule has 0 radical (unpaired) electrons. The Kier molecular flexibility index (Phi) is 3.93. The number of benzene rings is 2. The highest BCUT2D eigenvalue weighted by molar-refractivity contribution is 5.51. The smallest absolute Gasteiger partial charge is 0.146 e. The third kappa shape index (κ3) is 2.93. The zero-order valence-corrected chi connectivity index (χ0v) is 12.3. The third-order valence-corrected chi connectivity index (χ3v) is 4.19. The van der Waals surface area contributed by atoms with Crippen LogP contribution in [-0.2, 0) is 13.0 Å². The summed E-state index contributed by atoms with van der Waals surface area (Å²) in [7, 11) is 0. The molecule has 0 saturated carbocycles. The van der Waals surface area contributed by atoms with Crippen molar-refractivity contribution in [2.24, 2.45) is 5.73 Å². The van der Waals surface area contributed by atoms with Crippen LogP contribution in [0.3, 0.4) is 0 Å². The van der Waals surface area contributed by atoms with Crippen LogP contribution >= 0.6 is 0 Å². The van der Waals surface area contributed by atoms with E-state index >= 15 is 0 Å². The first kappa shape index (κ1) is 14.1. The average Bonchev–Trinajstić information content (AvgIpc) is 2.69. The zero-order valence-electron chi connectivity index (χ0n) is 12.3. The number of nitrogens with two attached hydrogens (primary N) is 1. The van der Waals surface area contributed by atoms with Crippen LogP contribution in [0.4, 0.5) is 10.1 Å². The number of rotatable bonds is 2. The molecule has 1 heterocycles. The molecule has 0 bridgehead atoms. The minimum Gasteiger partial charge on any atom is -0.365 e. The summed E-state index contributed by atoms with van der Waals surface area (Å²) in [5.74, 6) is -0.177. The van der Waals surface area contributed by atoms with Crippen molar-refractivity contribution in [2.75, 3.05) is 11.4 Å². The Morgan fingerprint density at radius 2 is 1.90 bits per heavy atom. The molecule has 21 heavy (non-hydrogen) atoms. The number of hydrogen-bond donors (Lipinski definition) is 1. The molecule has 0 amide bonds. The fraction of sp³-hybridized carbons (Fsp3) is 0.333. The molecule has 0 spiro atoms. The van der Waals surface area contributed by atoms with Crippen LogP contribution < -0.4 is 10.6 Å². The summed E-state index contributed by atoms with van der Waals surface area (Å²) in [6, 6.07) is 13.7. The standard InChI is InChI=1S/C18H21FN2/c1-13(20)15-8-9-18(17(19)11-15)21-10-4-7-14-5-2-3-6-16(14)12-21/h2-3,5-6,8-9,11,13H,4,7,10,12,20H2,1H3/t13-/m0/s1. The lowest BCUT2D eigenvalue weighted by atomic mass is 10.0. The minimum atomic E-state index is -0.177. The summed E-state index contributed by atoms with van der Waals surface area (Å²) in [6.45, 7) is 3.52. The quantitative estimate of drug-likeness (QED) is 0.909. The highest BCUT2D eigenvalue weighted by atomic mass is 19.1. The van der Waals surface area contributed by atoms with Gasteiger partial charge >= 0.3 is 0 Å². The van der Waals surface area contributed by atoms with Gasteiger partial charge in [0.1, 0.15) is 5.82 Å². The van der Waals surface area contributed by atoms with Crippen LogP contribution in [0.5, 0.6) is 0 Å². The van der Waals surface area contributed by atoms with E-state index in [4.69, 9.17) is 5.73 Å². The van der Waals surface area contributed by atoms with Gasteiger partial charge in [-0.05, 0) is 48.6 Å². The second kappa shape index (κ2) is 5.86. The summed E-state index contributed by atoms with van der Waals surface area (Å²) in [5.41, 5.74) is 10.0. The largest absolute Gasteiger partial charge is 0.365 e. The maximum Gasteiger partial charge on any atom is 0.146 e. The number of halogens is 1. The summed E-state index contributed by atoms with van der Waals surface area (Å²) < 4.78 is 14.4. The third-order valence-electron chi connectivity index (χ3n) is 4.19. The molecule has 2 nitrogen and oxygen atoms in total. The molecule has 2 aromatic carbocycles. The van der Waals surface area contributed by atoms with E-state index in [0.29, 0.717) is 5.69 Å². The van der Waals surface area contributed by atoms with E-state index in [2.05, 4.69) is 29.2 Å². The molecule has 0 aliphatic carbocycles. The monoisotopic (exact) mass is 284 g/mol. The van der Waals surface area contributed by atoms with Crippen LogP contribution in [-0.4, -0.2) is 6.54 Å². The van der Waals surface area contributed by atoms with Crippen LogP contribution in [0.25, 0.3) is 0 Å². The van der Waals surface area contributed by atoms with Crippen LogP contribution in [0.1, 0.15) is 36.1 Å². The minimum absolute atomic E-state index is 0.140. The van der Waals surface area contributed by atoms with Crippen molar-refractivity contribution in [3.05, 3.63) is 65.0 Å². The molecule has 110 valence electrons. The van der Waals surface area contributed by atoms with Crippen molar-refractivity contribution in [3.8, 4) is 0 Å². The van der Waals surface area contributed by atoms with Crippen molar-refractivity contribution in [3.63, 3.8) is 0 Å². The van der Waals surface area contributed by atoms with E-state index < -0.39 is 0 Å². The molecule has 2 N–H and O–H groups in total. The number of hydrogen-bond acceptors (Lipinski definition) is 2. The van der Waals surface area contributed by atoms with Gasteiger partial charge in [-0.1, -0.05) is 30.3 Å². The lowest BCUT2D eigenvalue weighted by molar-refractivity contribution is 0.610. The molecule has 0 saturated heterocycles. The Bertz CT molecular complexity index is 637. The molecule has 0 fully saturated rings. The molecule has 1 aliphatic heterocycles. The van der Waals surface area contributed by atoms with Crippen LogP contribution in [0, 0.1) is 5.82 Å². The Labute approximate surface area is 125 Å². The first-order valence-electron chi connectivity index (χ1n) is 7.52. The highest BCUT2D eigenvalue weighted by Gasteiger charge is 2.17. The summed E-state index contributed by atoms with van der Waals surface area (Å²) in [5, 5.41) is 0. The highest BCUT2D eigenvalue weighted by Crippen LogP contribution is 2.27. The predicted molar refractivity (Wildman–Crippen MR) is 84.8 cm³/mol.